The largest absolute Gasteiger partial charge is 0.444 e. The van der Waals surface area contributed by atoms with Crippen molar-refractivity contribution < 1.29 is 31.4 Å². The zero-order chi connectivity index (χ0) is 28.3. The van der Waals surface area contributed by atoms with E-state index >= 15 is 0 Å². The maximum atomic E-state index is 13.0. The van der Waals surface area contributed by atoms with Gasteiger partial charge in [-0.3, -0.25) is 24.1 Å². The number of oxazole rings is 1. The minimum atomic E-state index is -4.43. The van der Waals surface area contributed by atoms with Crippen molar-refractivity contribution >= 4 is 34.3 Å². The molecule has 1 saturated heterocycles. The molecule has 11 nitrogen and oxygen atoms in total. The van der Waals surface area contributed by atoms with Gasteiger partial charge in [-0.05, 0) is 12.1 Å². The Morgan fingerprint density at radius 3 is 2.74 bits per heavy atom. The van der Waals surface area contributed by atoms with Gasteiger partial charge < -0.3 is 20.4 Å². The molecule has 0 aromatic carbocycles. The highest BCUT2D eigenvalue weighted by Gasteiger charge is 2.49. The van der Waals surface area contributed by atoms with Gasteiger partial charge >= 0.3 is 6.18 Å². The normalized spacial score (nSPS) is 18.3. The van der Waals surface area contributed by atoms with Gasteiger partial charge in [-0.25, -0.2) is 9.97 Å². The summed E-state index contributed by atoms with van der Waals surface area (Å²) in [6.45, 7) is 2.37. The van der Waals surface area contributed by atoms with Crippen LogP contribution in [0.15, 0.2) is 40.9 Å². The first-order valence-corrected chi connectivity index (χ1v) is 13.1. The lowest BCUT2D eigenvalue weighted by molar-refractivity contribution is -0.132. The molecule has 38 heavy (non-hydrogen) atoms. The summed E-state index contributed by atoms with van der Waals surface area (Å²) in [4.78, 5) is 35.1. The maximum absolute atomic E-state index is 13.0. The molecule has 2 aromatic heterocycles. The fourth-order valence-corrected chi connectivity index (χ4v) is 4.88. The van der Waals surface area contributed by atoms with E-state index in [-0.39, 0.29) is 52.9 Å². The molecule has 0 radical (unpaired) electrons. The van der Waals surface area contributed by atoms with Gasteiger partial charge in [-0.2, -0.15) is 13.2 Å². The summed E-state index contributed by atoms with van der Waals surface area (Å²) in [5.41, 5.74) is -0.728. The van der Waals surface area contributed by atoms with E-state index in [4.69, 9.17) is 9.83 Å². The van der Waals surface area contributed by atoms with Crippen LogP contribution in [0, 0.1) is 16.7 Å². The zero-order valence-corrected chi connectivity index (χ0v) is 21.9. The van der Waals surface area contributed by atoms with E-state index in [0.717, 1.165) is 6.26 Å². The van der Waals surface area contributed by atoms with Gasteiger partial charge in [0.1, 0.15) is 18.6 Å². The number of nitrogens with zero attached hydrogens (tertiary/aromatic N) is 3. The van der Waals surface area contributed by atoms with Crippen LogP contribution < -0.4 is 16.0 Å². The fraction of sp³-hybridized carbons (Fsp3) is 0.435. The second kappa shape index (κ2) is 11.3. The van der Waals surface area contributed by atoms with Crippen molar-refractivity contribution in [2.75, 3.05) is 37.5 Å². The average Bonchev–Trinajstić information content (AvgIpc) is 3.41. The van der Waals surface area contributed by atoms with Gasteiger partial charge in [0.05, 0.1) is 5.70 Å². The van der Waals surface area contributed by atoms with Crippen LogP contribution in [0.2, 0.25) is 0 Å². The third kappa shape index (κ3) is 6.76. The number of alkyl halides is 3. The number of pyridine rings is 1. The van der Waals surface area contributed by atoms with E-state index < -0.39 is 34.8 Å². The minimum Gasteiger partial charge on any atom is -0.444 e. The molecule has 1 fully saturated rings. The van der Waals surface area contributed by atoms with E-state index in [9.17, 15) is 27.0 Å². The van der Waals surface area contributed by atoms with E-state index in [1.54, 1.807) is 27.2 Å². The summed E-state index contributed by atoms with van der Waals surface area (Å²) in [5.74, 6) is -1.37. The Morgan fingerprint density at radius 2 is 2.11 bits per heavy atom. The monoisotopic (exact) mass is 555 g/mol. The number of rotatable bonds is 9. The molecule has 2 unspecified atom stereocenters. The molecule has 0 aliphatic carbocycles. The Morgan fingerprint density at radius 1 is 1.39 bits per heavy atom. The lowest BCUT2D eigenvalue weighted by atomic mass is 9.83. The Labute approximate surface area is 219 Å². The molecule has 0 saturated carbocycles. The molecule has 2 atom stereocenters. The molecule has 0 bridgehead atoms. The number of carbonyl (C=O) groups is 2. The fourth-order valence-electron chi connectivity index (χ4n) is 3.79. The number of nitrogens with one attached hydrogen (secondary N) is 4. The van der Waals surface area contributed by atoms with Crippen LogP contribution in [0.25, 0.3) is 11.5 Å². The highest BCUT2D eigenvalue weighted by Crippen LogP contribution is 2.37. The molecule has 2 amide bonds. The second-order valence-corrected chi connectivity index (χ2v) is 10.6. The minimum absolute atomic E-state index is 0.00739. The van der Waals surface area contributed by atoms with E-state index in [1.165, 1.54) is 29.4 Å². The molecule has 2 aromatic rings. The van der Waals surface area contributed by atoms with Crippen molar-refractivity contribution in [3.63, 3.8) is 0 Å². The number of likely N-dealkylation sites (tertiary alicyclic amines) is 1. The van der Waals surface area contributed by atoms with Gasteiger partial charge in [0, 0.05) is 65.7 Å². The lowest BCUT2D eigenvalue weighted by Crippen LogP contribution is -2.41. The van der Waals surface area contributed by atoms with Crippen LogP contribution in [0.4, 0.5) is 19.0 Å². The molecular weight excluding hydrogens is 527 g/mol. The standard InChI is InChI=1S/C23H28F3N7O4S/c1-22(2)14(11-38(4)36)9-33(21(22)35)18(27)15(8-28-3)31-19(34)16-10-37-20(32-16)13-5-6-29-17(7-13)30-12-23(24,25)26/h5-8,10,14,27-28H,9,11-12H2,1-4H3,(H,29,30)(H,31,34)/b15-8+,27-18?. The first kappa shape index (κ1) is 28.8. The summed E-state index contributed by atoms with van der Waals surface area (Å²) in [6, 6.07) is 2.75. The summed E-state index contributed by atoms with van der Waals surface area (Å²) in [5, 5.41) is 16.0. The Bertz CT molecular complexity index is 1280. The zero-order valence-electron chi connectivity index (χ0n) is 21.1. The molecule has 1 aliphatic heterocycles. The van der Waals surface area contributed by atoms with Crippen molar-refractivity contribution in [1.82, 2.24) is 25.5 Å². The van der Waals surface area contributed by atoms with E-state index in [0.29, 0.717) is 5.75 Å². The van der Waals surface area contributed by atoms with Crippen LogP contribution in [0.5, 0.6) is 0 Å². The number of carbonyl (C=O) groups excluding carboxylic acids is 2. The van der Waals surface area contributed by atoms with Gasteiger partial charge in [0.25, 0.3) is 5.91 Å². The smallest absolute Gasteiger partial charge is 0.405 e. The number of anilines is 1. The average molecular weight is 556 g/mol. The molecule has 4 N–H and O–H groups in total. The number of amidine groups is 1. The molecule has 3 rings (SSSR count). The first-order valence-electron chi connectivity index (χ1n) is 11.3. The van der Waals surface area contributed by atoms with E-state index in [2.05, 4.69) is 25.9 Å². The molecule has 0 spiro atoms. The lowest BCUT2D eigenvalue weighted by Gasteiger charge is -2.23. The summed E-state index contributed by atoms with van der Waals surface area (Å²) < 4.78 is 54.6. The van der Waals surface area contributed by atoms with Crippen molar-refractivity contribution in [3.05, 3.63) is 42.2 Å². The third-order valence-corrected chi connectivity index (χ3v) is 6.80. The molecular formula is C23H28F3N7O4S. The number of hydrogen-bond acceptors (Lipinski definition) is 9. The van der Waals surface area contributed by atoms with Crippen molar-refractivity contribution in [2.45, 2.75) is 20.0 Å². The highest BCUT2D eigenvalue weighted by molar-refractivity contribution is 7.84. The van der Waals surface area contributed by atoms with Crippen LogP contribution in [-0.2, 0) is 15.6 Å². The molecule has 15 heteroatoms. The van der Waals surface area contributed by atoms with Crippen molar-refractivity contribution in [1.29, 1.82) is 5.41 Å². The first-order chi connectivity index (χ1) is 17.7. The molecule has 206 valence electrons. The third-order valence-electron chi connectivity index (χ3n) is 5.93. The Balaban J connectivity index is 1.74. The van der Waals surface area contributed by atoms with Crippen molar-refractivity contribution in [2.24, 2.45) is 11.3 Å². The molecule has 3 heterocycles. The van der Waals surface area contributed by atoms with Crippen LogP contribution in [0.1, 0.15) is 24.3 Å². The second-order valence-electron chi connectivity index (χ2n) is 9.16. The quantitative estimate of drug-likeness (QED) is 0.272. The topological polar surface area (TPSA) is 153 Å². The number of amides is 2. The number of aromatic nitrogens is 2. The van der Waals surface area contributed by atoms with Gasteiger partial charge in [-0.15, -0.1) is 0 Å². The van der Waals surface area contributed by atoms with Crippen LogP contribution >= 0.6 is 0 Å². The highest BCUT2D eigenvalue weighted by atomic mass is 32.2. The SMILES string of the molecule is CN/C=C(/NC(=O)c1coc(-c2ccnc(NCC(F)(F)F)c2)n1)C(=N)N1CC(CS(C)=O)C(C)(C)C1=O. The summed E-state index contributed by atoms with van der Waals surface area (Å²) in [6.07, 6.45) is 0.797. The predicted molar refractivity (Wildman–Crippen MR) is 135 cm³/mol. The summed E-state index contributed by atoms with van der Waals surface area (Å²) in [7, 11) is 0.419. The van der Waals surface area contributed by atoms with Crippen molar-refractivity contribution in [3.8, 4) is 11.5 Å². The van der Waals surface area contributed by atoms with Crippen LogP contribution in [0.3, 0.4) is 0 Å². The number of halogens is 3. The van der Waals surface area contributed by atoms with Gasteiger partial charge in [0.15, 0.2) is 11.5 Å². The maximum Gasteiger partial charge on any atom is 0.405 e. The summed E-state index contributed by atoms with van der Waals surface area (Å²) >= 11 is 0. The molecule has 1 aliphatic rings. The van der Waals surface area contributed by atoms with E-state index in [1.807, 2.05) is 0 Å². The Hall–Kier alpha value is -3.75. The van der Waals surface area contributed by atoms with Gasteiger partial charge in [0.2, 0.25) is 11.8 Å². The van der Waals surface area contributed by atoms with Gasteiger partial charge in [-0.1, -0.05) is 13.8 Å². The van der Waals surface area contributed by atoms with Crippen LogP contribution in [-0.4, -0.2) is 75.0 Å². The predicted octanol–water partition coefficient (Wildman–Crippen LogP) is 2.34. The number of hydrogen-bond donors (Lipinski definition) is 4. The Kier molecular flexibility index (Phi) is 8.59.